The van der Waals surface area contributed by atoms with E-state index in [1.54, 1.807) is 31.5 Å². The number of carbonyl (C=O) groups is 3. The first-order chi connectivity index (χ1) is 17.4. The van der Waals surface area contributed by atoms with Crippen LogP contribution in [0.25, 0.3) is 11.1 Å². The average Bonchev–Trinajstić information content (AvgIpc) is 3.24. The number of ether oxygens (including phenoxy) is 1. The van der Waals surface area contributed by atoms with Crippen LogP contribution in [0.1, 0.15) is 34.1 Å². The van der Waals surface area contributed by atoms with Crippen LogP contribution in [0.3, 0.4) is 0 Å². The van der Waals surface area contributed by atoms with Crippen LogP contribution in [0.15, 0.2) is 30.6 Å². The average molecular weight is 513 g/mol. The van der Waals surface area contributed by atoms with Gasteiger partial charge in [0.15, 0.2) is 0 Å². The molecular weight excluding hydrogens is 479 g/mol. The number of carbonyl (C=O) groups excluding carboxylic acids is 3. The number of rotatable bonds is 6. The molecule has 0 aliphatic carbocycles. The number of anilines is 2. The minimum atomic E-state index is -0.688. The Kier molecular flexibility index (Phi) is 7.33. The van der Waals surface area contributed by atoms with Gasteiger partial charge < -0.3 is 20.3 Å². The van der Waals surface area contributed by atoms with Gasteiger partial charge in [0.2, 0.25) is 17.8 Å². The van der Waals surface area contributed by atoms with Gasteiger partial charge in [0.1, 0.15) is 11.9 Å². The maximum atomic E-state index is 15.0. The molecule has 1 unspecified atom stereocenters. The Balaban J connectivity index is 1.40. The molecule has 0 saturated carbocycles. The monoisotopic (exact) mass is 512 g/mol. The SMILES string of the molecule is C[C@H](C(N)=O)C1CN(c2ccc(-c3cnc(N4CCN(C(=O)CC(C)(C)C)CC4)nc3)c(F)c2)C(=O)O1. The second-order valence-electron chi connectivity index (χ2n) is 10.8. The van der Waals surface area contributed by atoms with E-state index in [1.165, 1.54) is 11.0 Å². The van der Waals surface area contributed by atoms with Crippen LogP contribution in [-0.2, 0) is 14.3 Å². The van der Waals surface area contributed by atoms with Crippen molar-refractivity contribution >= 4 is 29.5 Å². The van der Waals surface area contributed by atoms with E-state index in [0.29, 0.717) is 55.4 Å². The molecule has 0 spiro atoms. The van der Waals surface area contributed by atoms with E-state index in [9.17, 15) is 14.4 Å². The highest BCUT2D eigenvalue weighted by Crippen LogP contribution is 2.30. The summed E-state index contributed by atoms with van der Waals surface area (Å²) in [5.41, 5.74) is 6.37. The van der Waals surface area contributed by atoms with E-state index < -0.39 is 29.8 Å². The predicted molar refractivity (Wildman–Crippen MR) is 136 cm³/mol. The number of piperazine rings is 1. The highest BCUT2D eigenvalue weighted by Gasteiger charge is 2.38. The van der Waals surface area contributed by atoms with Crippen LogP contribution < -0.4 is 15.5 Å². The summed E-state index contributed by atoms with van der Waals surface area (Å²) in [6.07, 6.45) is 2.29. The van der Waals surface area contributed by atoms with Crippen LogP contribution in [-0.4, -0.2) is 71.6 Å². The molecule has 1 aromatic carbocycles. The maximum Gasteiger partial charge on any atom is 0.414 e. The number of amides is 3. The number of cyclic esters (lactones) is 1. The Labute approximate surface area is 215 Å². The first kappa shape index (κ1) is 26.3. The number of aromatic nitrogens is 2. The number of benzene rings is 1. The van der Waals surface area contributed by atoms with Crippen molar-refractivity contribution in [1.82, 2.24) is 14.9 Å². The smallest absolute Gasteiger partial charge is 0.414 e. The molecule has 2 fully saturated rings. The lowest BCUT2D eigenvalue weighted by Crippen LogP contribution is -2.49. The van der Waals surface area contributed by atoms with Gasteiger partial charge in [0.05, 0.1) is 18.2 Å². The van der Waals surface area contributed by atoms with Crippen molar-refractivity contribution in [3.63, 3.8) is 0 Å². The van der Waals surface area contributed by atoms with Crippen LogP contribution in [0.4, 0.5) is 20.8 Å². The molecule has 2 aliphatic rings. The molecule has 198 valence electrons. The van der Waals surface area contributed by atoms with Gasteiger partial charge >= 0.3 is 6.09 Å². The Morgan fingerprint density at radius 3 is 2.38 bits per heavy atom. The lowest BCUT2D eigenvalue weighted by molar-refractivity contribution is -0.133. The Morgan fingerprint density at radius 1 is 1.16 bits per heavy atom. The Bertz CT molecular complexity index is 1170. The van der Waals surface area contributed by atoms with Crippen molar-refractivity contribution in [2.75, 3.05) is 42.5 Å². The third-order valence-corrected chi connectivity index (χ3v) is 6.65. The summed E-state index contributed by atoms with van der Waals surface area (Å²) in [7, 11) is 0. The quantitative estimate of drug-likeness (QED) is 0.632. The van der Waals surface area contributed by atoms with Gasteiger partial charge in [-0.1, -0.05) is 20.8 Å². The molecule has 2 saturated heterocycles. The van der Waals surface area contributed by atoms with E-state index in [1.807, 2.05) is 9.80 Å². The number of halogens is 1. The number of hydrogen-bond donors (Lipinski definition) is 1. The number of nitrogens with two attached hydrogens (primary N) is 1. The normalized spacial score (nSPS) is 19.1. The van der Waals surface area contributed by atoms with Crippen molar-refractivity contribution in [2.45, 2.75) is 40.2 Å². The summed E-state index contributed by atoms with van der Waals surface area (Å²) in [5.74, 6) is -1.08. The summed E-state index contributed by atoms with van der Waals surface area (Å²) in [6, 6.07) is 4.41. The van der Waals surface area contributed by atoms with Crippen molar-refractivity contribution in [1.29, 1.82) is 0 Å². The minimum absolute atomic E-state index is 0.0513. The summed E-state index contributed by atoms with van der Waals surface area (Å²) in [4.78, 5) is 50.2. The molecule has 3 heterocycles. The Morgan fingerprint density at radius 2 is 1.81 bits per heavy atom. The van der Waals surface area contributed by atoms with Gasteiger partial charge in [0.25, 0.3) is 0 Å². The third-order valence-electron chi connectivity index (χ3n) is 6.65. The minimum Gasteiger partial charge on any atom is -0.443 e. The van der Waals surface area contributed by atoms with Gasteiger partial charge in [-0.3, -0.25) is 14.5 Å². The van der Waals surface area contributed by atoms with E-state index in [-0.39, 0.29) is 17.9 Å². The van der Waals surface area contributed by atoms with E-state index >= 15 is 4.39 Å². The molecule has 1 aromatic heterocycles. The summed E-state index contributed by atoms with van der Waals surface area (Å²) in [5, 5.41) is 0. The zero-order valence-corrected chi connectivity index (χ0v) is 21.6. The highest BCUT2D eigenvalue weighted by molar-refractivity contribution is 5.91. The summed E-state index contributed by atoms with van der Waals surface area (Å²) >= 11 is 0. The van der Waals surface area contributed by atoms with Crippen molar-refractivity contribution in [3.8, 4) is 11.1 Å². The second kappa shape index (κ2) is 10.3. The molecule has 0 bridgehead atoms. The van der Waals surface area contributed by atoms with E-state index in [0.717, 1.165) is 0 Å². The summed E-state index contributed by atoms with van der Waals surface area (Å²) in [6.45, 7) is 10.3. The summed E-state index contributed by atoms with van der Waals surface area (Å²) < 4.78 is 20.3. The maximum absolute atomic E-state index is 15.0. The molecule has 2 atom stereocenters. The first-order valence-electron chi connectivity index (χ1n) is 12.3. The van der Waals surface area contributed by atoms with Crippen molar-refractivity contribution in [2.24, 2.45) is 17.1 Å². The van der Waals surface area contributed by atoms with Gasteiger partial charge in [-0.25, -0.2) is 19.2 Å². The first-order valence-corrected chi connectivity index (χ1v) is 12.3. The molecule has 11 heteroatoms. The zero-order chi connectivity index (χ0) is 26.9. The molecule has 2 N–H and O–H groups in total. The zero-order valence-electron chi connectivity index (χ0n) is 21.6. The van der Waals surface area contributed by atoms with E-state index in [2.05, 4.69) is 30.7 Å². The molecule has 0 radical (unpaired) electrons. The molecule has 3 amide bonds. The van der Waals surface area contributed by atoms with Crippen LogP contribution in [0.5, 0.6) is 0 Å². The fraction of sp³-hybridized carbons (Fsp3) is 0.500. The molecule has 37 heavy (non-hydrogen) atoms. The molecule has 2 aromatic rings. The highest BCUT2D eigenvalue weighted by atomic mass is 19.1. The van der Waals surface area contributed by atoms with E-state index in [4.69, 9.17) is 10.5 Å². The van der Waals surface area contributed by atoms with Crippen LogP contribution in [0, 0.1) is 17.2 Å². The number of nitrogens with zero attached hydrogens (tertiary/aromatic N) is 5. The number of hydrogen-bond acceptors (Lipinski definition) is 7. The van der Waals surface area contributed by atoms with Gasteiger partial charge in [-0.15, -0.1) is 0 Å². The largest absolute Gasteiger partial charge is 0.443 e. The van der Waals surface area contributed by atoms with Crippen molar-refractivity contribution < 1.29 is 23.5 Å². The predicted octanol–water partition coefficient (Wildman–Crippen LogP) is 2.81. The van der Waals surface area contributed by atoms with Gasteiger partial charge in [-0.2, -0.15) is 0 Å². The van der Waals surface area contributed by atoms with Crippen LogP contribution in [0.2, 0.25) is 0 Å². The molecule has 4 rings (SSSR count). The lowest BCUT2D eigenvalue weighted by atomic mass is 9.91. The van der Waals surface area contributed by atoms with Crippen molar-refractivity contribution in [3.05, 3.63) is 36.4 Å². The fourth-order valence-electron chi connectivity index (χ4n) is 4.39. The third kappa shape index (κ3) is 5.98. The second-order valence-corrected chi connectivity index (χ2v) is 10.8. The molecule has 10 nitrogen and oxygen atoms in total. The molecule has 2 aliphatic heterocycles. The number of primary amides is 1. The molecular formula is C26H33FN6O4. The van der Waals surface area contributed by atoms with Gasteiger partial charge in [-0.05, 0) is 30.5 Å². The topological polar surface area (TPSA) is 122 Å². The Hall–Kier alpha value is -3.76. The van der Waals surface area contributed by atoms with Crippen LogP contribution >= 0.6 is 0 Å². The fourth-order valence-corrected chi connectivity index (χ4v) is 4.39. The standard InChI is InChI=1S/C26H33FN6O4/c1-16(23(28)35)21-15-33(25(36)37-21)18-5-6-19(20(27)11-18)17-13-29-24(30-14-17)32-9-7-31(8-10-32)22(34)12-26(2,3)4/h5-6,11,13-14,16,21H,7-10,12,15H2,1-4H3,(H2,28,35)/t16-,21?/m0/s1. The lowest BCUT2D eigenvalue weighted by Gasteiger charge is -2.36. The van der Waals surface area contributed by atoms with Gasteiger partial charge in [0, 0.05) is 56.1 Å².